The van der Waals surface area contributed by atoms with Crippen LogP contribution in [-0.4, -0.2) is 12.5 Å². The summed E-state index contributed by atoms with van der Waals surface area (Å²) in [6.07, 6.45) is 4.18. The molecular formula is C2H7IS3. The molecule has 0 aliphatic rings. The van der Waals surface area contributed by atoms with E-state index in [1.165, 1.54) is 0 Å². The van der Waals surface area contributed by atoms with Crippen molar-refractivity contribution < 1.29 is 0 Å². The molecule has 0 heterocycles. The van der Waals surface area contributed by atoms with Crippen molar-refractivity contribution in [1.82, 2.24) is 0 Å². The molecule has 0 aromatic rings. The van der Waals surface area contributed by atoms with Gasteiger partial charge in [-0.05, 0) is 33.7 Å². The van der Waals surface area contributed by atoms with E-state index in [1.54, 1.807) is 10.8 Å². The van der Waals surface area contributed by atoms with Crippen molar-refractivity contribution in [2.45, 2.75) is 0 Å². The Hall–Kier alpha value is 1.65. The normalized spacial score (nSPS) is 14.5. The molecule has 0 N–H and O–H groups in total. The number of rotatable bonds is 1. The minimum absolute atomic E-state index is 0.927. The fraction of sp³-hybridized carbons (Fsp3) is 1.00. The molecule has 0 unspecified atom stereocenters. The van der Waals surface area contributed by atoms with Crippen LogP contribution in [-0.2, 0) is 16.0 Å². The van der Waals surface area contributed by atoms with Crippen LogP contribution < -0.4 is 0 Å². The van der Waals surface area contributed by atoms with Crippen LogP contribution in [0.2, 0.25) is 0 Å². The summed E-state index contributed by atoms with van der Waals surface area (Å²) < 4.78 is 0. The average molecular weight is 254 g/mol. The predicted octanol–water partition coefficient (Wildman–Crippen LogP) is 1.59. The topological polar surface area (TPSA) is 0 Å². The molecule has 0 aromatic heterocycles. The summed E-state index contributed by atoms with van der Waals surface area (Å²) in [6.45, 7) is 0. The van der Waals surface area contributed by atoms with Crippen molar-refractivity contribution in [2.24, 2.45) is 0 Å². The summed E-state index contributed by atoms with van der Waals surface area (Å²) in [6, 6.07) is 0. The molecule has 4 heteroatoms. The van der Waals surface area contributed by atoms with E-state index in [0.29, 0.717) is 0 Å². The van der Waals surface area contributed by atoms with Crippen LogP contribution >= 0.6 is 32.0 Å². The third kappa shape index (κ3) is 5.65. The number of hydrogen-bond donors (Lipinski definition) is 1. The standard InChI is InChI=1S/C2H7IS3/c1-5-6(2,3)4/h6H,1-2H3. The largest absolute Gasteiger partial charge is 0.120 e. The highest BCUT2D eigenvalue weighted by Gasteiger charge is 1.88. The van der Waals surface area contributed by atoms with Gasteiger partial charge in [-0.1, -0.05) is 11.2 Å². The zero-order valence-corrected chi connectivity index (χ0v) is 8.33. The summed E-state index contributed by atoms with van der Waals surface area (Å²) in [5, 5.41) is 0. The Morgan fingerprint density at radius 2 is 2.00 bits per heavy atom. The zero-order chi connectivity index (χ0) is 5.21. The van der Waals surface area contributed by atoms with E-state index in [9.17, 15) is 0 Å². The molecule has 0 amide bonds. The minimum atomic E-state index is -0.927. The van der Waals surface area contributed by atoms with Crippen molar-refractivity contribution in [3.63, 3.8) is 0 Å². The van der Waals surface area contributed by atoms with Crippen molar-refractivity contribution in [3.8, 4) is 0 Å². The van der Waals surface area contributed by atoms with Crippen LogP contribution in [0.3, 0.4) is 0 Å². The van der Waals surface area contributed by atoms with Crippen LogP contribution in [0.25, 0.3) is 0 Å². The quantitative estimate of drug-likeness (QED) is 0.326. The molecule has 0 atom stereocenters. The third-order valence-electron chi connectivity index (χ3n) is 0.326. The predicted molar refractivity (Wildman–Crippen MR) is 49.6 cm³/mol. The lowest BCUT2D eigenvalue weighted by molar-refractivity contribution is 2.49. The van der Waals surface area contributed by atoms with E-state index in [0.717, 1.165) is 0 Å². The first-order chi connectivity index (χ1) is 2.56. The van der Waals surface area contributed by atoms with Gasteiger partial charge in [0.25, 0.3) is 0 Å². The highest BCUT2D eigenvalue weighted by atomic mass is 127. The maximum atomic E-state index is 5.05. The molecular weight excluding hydrogens is 247 g/mol. The van der Waals surface area contributed by atoms with E-state index < -0.39 is 4.79 Å². The average Bonchev–Trinajstić information content (AvgIpc) is 1.35. The Bertz CT molecular complexity index is 72.9. The monoisotopic (exact) mass is 254 g/mol. The highest BCUT2D eigenvalue weighted by Crippen LogP contribution is 2.23. The van der Waals surface area contributed by atoms with E-state index in [4.69, 9.17) is 11.2 Å². The Kier molecular flexibility index (Phi) is 3.62. The Morgan fingerprint density at radius 1 is 1.83 bits per heavy atom. The highest BCUT2D eigenvalue weighted by molar-refractivity contribution is 14.2. The molecule has 0 aromatic carbocycles. The Balaban J connectivity index is 3.48. The zero-order valence-electron chi connectivity index (χ0n) is 3.64. The van der Waals surface area contributed by atoms with Crippen LogP contribution in [0.15, 0.2) is 0 Å². The minimum Gasteiger partial charge on any atom is -0.120 e. The fourth-order valence-corrected chi connectivity index (χ4v) is 0. The molecule has 0 saturated carbocycles. The number of thiol groups is 1. The summed E-state index contributed by atoms with van der Waals surface area (Å²) >= 11 is 7.38. The number of hydrogen-bond acceptors (Lipinski definition) is 2. The molecule has 0 bridgehead atoms. The van der Waals surface area contributed by atoms with Crippen LogP contribution in [0.5, 0.6) is 0 Å². The number of halogens is 1. The van der Waals surface area contributed by atoms with Gasteiger partial charge >= 0.3 is 0 Å². The smallest absolute Gasteiger partial charge is 0.00867 e. The van der Waals surface area contributed by atoms with E-state index in [1.807, 2.05) is 0 Å². The summed E-state index contributed by atoms with van der Waals surface area (Å²) in [7, 11) is 1.79. The molecule has 0 saturated heterocycles. The van der Waals surface area contributed by atoms with E-state index in [-0.39, 0.29) is 0 Å². The second kappa shape index (κ2) is 2.84. The van der Waals surface area contributed by atoms with Crippen LogP contribution in [0, 0.1) is 0 Å². The molecule has 0 fully saturated rings. The maximum Gasteiger partial charge on any atom is -0.00867 e. The third-order valence-corrected chi connectivity index (χ3v) is 7.82. The van der Waals surface area contributed by atoms with E-state index >= 15 is 0 Å². The van der Waals surface area contributed by atoms with Gasteiger partial charge < -0.3 is 0 Å². The lowest BCUT2D eigenvalue weighted by Gasteiger charge is -2.04. The van der Waals surface area contributed by atoms with Gasteiger partial charge in [0.05, 0.1) is 0 Å². The van der Waals surface area contributed by atoms with Crippen LogP contribution in [0.1, 0.15) is 0 Å². The molecule has 0 nitrogen and oxygen atoms in total. The lowest BCUT2D eigenvalue weighted by Crippen LogP contribution is -1.81. The van der Waals surface area contributed by atoms with Gasteiger partial charge in [0.1, 0.15) is 0 Å². The molecule has 40 valence electrons. The van der Waals surface area contributed by atoms with Gasteiger partial charge in [0.2, 0.25) is 0 Å². The molecule has 0 radical (unpaired) electrons. The van der Waals surface area contributed by atoms with Gasteiger partial charge in [0, 0.05) is 0 Å². The summed E-state index contributed by atoms with van der Waals surface area (Å²) in [5.74, 6) is 0. The Morgan fingerprint density at radius 3 is 2.00 bits per heavy atom. The first-order valence-corrected chi connectivity index (χ1v) is 9.25. The van der Waals surface area contributed by atoms with Crippen molar-refractivity contribution >= 4 is 48.0 Å². The first kappa shape index (κ1) is 7.65. The van der Waals surface area contributed by atoms with Crippen molar-refractivity contribution in [1.29, 1.82) is 0 Å². The lowest BCUT2D eigenvalue weighted by atomic mass is 12.0. The van der Waals surface area contributed by atoms with Gasteiger partial charge in [0.15, 0.2) is 0 Å². The molecule has 0 spiro atoms. The molecule has 6 heavy (non-hydrogen) atoms. The SMILES string of the molecule is CS[SH](C)(=S)I. The summed E-state index contributed by atoms with van der Waals surface area (Å²) in [4.78, 5) is -0.927. The second-order valence-electron chi connectivity index (χ2n) is 0.929. The van der Waals surface area contributed by atoms with E-state index in [2.05, 4.69) is 33.7 Å². The van der Waals surface area contributed by atoms with Gasteiger partial charge in [-0.3, -0.25) is 0 Å². The second-order valence-corrected chi connectivity index (χ2v) is 18.7. The molecule has 0 aliphatic carbocycles. The van der Waals surface area contributed by atoms with Crippen molar-refractivity contribution in [2.75, 3.05) is 12.5 Å². The summed E-state index contributed by atoms with van der Waals surface area (Å²) in [5.41, 5.74) is 0. The van der Waals surface area contributed by atoms with Gasteiger partial charge in [-0.2, -0.15) is 0 Å². The maximum absolute atomic E-state index is 5.05. The Labute approximate surface area is 60.0 Å². The van der Waals surface area contributed by atoms with Crippen LogP contribution in [0.4, 0.5) is 0 Å². The first-order valence-electron chi connectivity index (χ1n) is 1.39. The fourth-order valence-electron chi connectivity index (χ4n) is 0. The van der Waals surface area contributed by atoms with Gasteiger partial charge in [-0.25, -0.2) is 0 Å². The molecule has 0 aliphatic heterocycles. The van der Waals surface area contributed by atoms with Gasteiger partial charge in [-0.15, -0.1) is 15.6 Å². The molecule has 0 rings (SSSR count). The van der Waals surface area contributed by atoms with Crippen molar-refractivity contribution in [3.05, 3.63) is 0 Å².